The van der Waals surface area contributed by atoms with Gasteiger partial charge in [0.05, 0.1) is 5.33 Å². The lowest BCUT2D eigenvalue weighted by Gasteiger charge is -2.06. The van der Waals surface area contributed by atoms with Crippen molar-refractivity contribution < 1.29 is 14.7 Å². The summed E-state index contributed by atoms with van der Waals surface area (Å²) in [4.78, 5) is 20.6. The Morgan fingerprint density at radius 3 is 2.55 bits per heavy atom. The molecule has 6 heteroatoms. The SMILES string of the molecule is N[C@H](CNC(=O)CBr)C(=O)O. The first kappa shape index (κ1) is 10.4. The topological polar surface area (TPSA) is 92.4 Å². The van der Waals surface area contributed by atoms with Gasteiger partial charge in [-0.2, -0.15) is 0 Å². The van der Waals surface area contributed by atoms with Crippen LogP contribution in [0, 0.1) is 0 Å². The first-order chi connectivity index (χ1) is 5.07. The molecule has 0 aliphatic carbocycles. The van der Waals surface area contributed by atoms with E-state index >= 15 is 0 Å². The molecule has 0 heterocycles. The molecule has 0 radical (unpaired) electrons. The molecule has 11 heavy (non-hydrogen) atoms. The van der Waals surface area contributed by atoms with E-state index in [1.54, 1.807) is 0 Å². The second-order valence-corrected chi connectivity index (χ2v) is 2.44. The Morgan fingerprint density at radius 2 is 2.18 bits per heavy atom. The molecule has 0 aliphatic heterocycles. The van der Waals surface area contributed by atoms with Crippen molar-refractivity contribution in [1.82, 2.24) is 5.32 Å². The van der Waals surface area contributed by atoms with Gasteiger partial charge in [-0.05, 0) is 0 Å². The molecular formula is C5H9BrN2O3. The molecule has 0 saturated heterocycles. The van der Waals surface area contributed by atoms with Crippen molar-refractivity contribution in [3.8, 4) is 0 Å². The second kappa shape index (κ2) is 5.09. The van der Waals surface area contributed by atoms with Crippen molar-refractivity contribution in [3.05, 3.63) is 0 Å². The van der Waals surface area contributed by atoms with Crippen LogP contribution in [-0.2, 0) is 9.59 Å². The van der Waals surface area contributed by atoms with Gasteiger partial charge < -0.3 is 16.2 Å². The van der Waals surface area contributed by atoms with E-state index < -0.39 is 12.0 Å². The average Bonchev–Trinajstić information content (AvgIpc) is 1.99. The fraction of sp³-hybridized carbons (Fsp3) is 0.600. The maximum absolute atomic E-state index is 10.5. The Bertz CT molecular complexity index is 162. The molecule has 1 amide bonds. The molecular weight excluding hydrogens is 216 g/mol. The maximum Gasteiger partial charge on any atom is 0.322 e. The Balaban J connectivity index is 3.54. The van der Waals surface area contributed by atoms with Gasteiger partial charge in [0.1, 0.15) is 6.04 Å². The first-order valence-corrected chi connectivity index (χ1v) is 4.01. The Labute approximate surface area is 72.1 Å². The van der Waals surface area contributed by atoms with Gasteiger partial charge in [-0.15, -0.1) is 0 Å². The van der Waals surface area contributed by atoms with Crippen molar-refractivity contribution in [2.45, 2.75) is 6.04 Å². The summed E-state index contributed by atoms with van der Waals surface area (Å²) in [5.41, 5.74) is 5.09. The lowest BCUT2D eigenvalue weighted by molar-refractivity contribution is -0.138. The number of nitrogens with two attached hydrogens (primary N) is 1. The molecule has 0 aliphatic rings. The number of nitrogens with one attached hydrogen (secondary N) is 1. The minimum Gasteiger partial charge on any atom is -0.480 e. The summed E-state index contributed by atoms with van der Waals surface area (Å²) < 4.78 is 0. The van der Waals surface area contributed by atoms with Gasteiger partial charge in [-0.1, -0.05) is 15.9 Å². The molecule has 0 unspecified atom stereocenters. The zero-order valence-electron chi connectivity index (χ0n) is 5.71. The molecule has 0 fully saturated rings. The number of hydrogen-bond donors (Lipinski definition) is 3. The van der Waals surface area contributed by atoms with Gasteiger partial charge in [0, 0.05) is 6.54 Å². The number of hydrogen-bond acceptors (Lipinski definition) is 3. The monoisotopic (exact) mass is 224 g/mol. The van der Waals surface area contributed by atoms with E-state index in [2.05, 4.69) is 21.2 Å². The predicted octanol–water partition coefficient (Wildman–Crippen LogP) is -1.09. The highest BCUT2D eigenvalue weighted by Gasteiger charge is 2.11. The number of halogens is 1. The van der Waals surface area contributed by atoms with Gasteiger partial charge in [0.25, 0.3) is 0 Å². The van der Waals surface area contributed by atoms with E-state index in [9.17, 15) is 9.59 Å². The van der Waals surface area contributed by atoms with E-state index in [1.807, 2.05) is 0 Å². The fourth-order valence-electron chi connectivity index (χ4n) is 0.358. The maximum atomic E-state index is 10.5. The summed E-state index contributed by atoms with van der Waals surface area (Å²) in [6, 6.07) is -1.03. The molecule has 0 aromatic carbocycles. The minimum absolute atomic E-state index is 0.0419. The Hall–Kier alpha value is -0.620. The summed E-state index contributed by atoms with van der Waals surface area (Å²) >= 11 is 2.90. The molecule has 0 aromatic heterocycles. The number of alkyl halides is 1. The Kier molecular flexibility index (Phi) is 4.80. The average molecular weight is 225 g/mol. The molecule has 0 spiro atoms. The number of carbonyl (C=O) groups is 2. The van der Waals surface area contributed by atoms with Gasteiger partial charge in [0.15, 0.2) is 0 Å². The quantitative estimate of drug-likeness (QED) is 0.530. The predicted molar refractivity (Wildman–Crippen MR) is 42.4 cm³/mol. The van der Waals surface area contributed by atoms with Crippen LogP contribution in [0.1, 0.15) is 0 Å². The molecule has 0 saturated carbocycles. The lowest BCUT2D eigenvalue weighted by atomic mass is 10.3. The molecule has 0 bridgehead atoms. The number of carboxylic acid groups (broad SMARTS) is 1. The number of amides is 1. The van der Waals surface area contributed by atoms with Crippen molar-refractivity contribution in [1.29, 1.82) is 0 Å². The van der Waals surface area contributed by atoms with Crippen LogP contribution >= 0.6 is 15.9 Å². The Morgan fingerprint density at radius 1 is 1.64 bits per heavy atom. The first-order valence-electron chi connectivity index (χ1n) is 2.89. The van der Waals surface area contributed by atoms with Gasteiger partial charge in [0.2, 0.25) is 5.91 Å². The summed E-state index contributed by atoms with van der Waals surface area (Å²) in [7, 11) is 0. The fourth-order valence-corrected chi connectivity index (χ4v) is 0.557. The third-order valence-corrected chi connectivity index (χ3v) is 1.47. The summed E-state index contributed by atoms with van der Waals surface area (Å²) in [5.74, 6) is -1.40. The van der Waals surface area contributed by atoms with E-state index in [1.165, 1.54) is 0 Å². The molecule has 4 N–H and O–H groups in total. The molecule has 0 aromatic rings. The number of carbonyl (C=O) groups excluding carboxylic acids is 1. The standard InChI is InChI=1S/C5H9BrN2O3/c6-1-4(9)8-2-3(7)5(10)11/h3H,1-2,7H2,(H,8,9)(H,10,11)/t3-/m1/s1. The largest absolute Gasteiger partial charge is 0.480 e. The lowest BCUT2D eigenvalue weighted by Crippen LogP contribution is -2.42. The minimum atomic E-state index is -1.13. The van der Waals surface area contributed by atoms with Gasteiger partial charge in [-0.3, -0.25) is 9.59 Å². The highest BCUT2D eigenvalue weighted by Crippen LogP contribution is 1.80. The summed E-state index contributed by atoms with van der Waals surface area (Å²) in [6.45, 7) is -0.0419. The van der Waals surface area contributed by atoms with Gasteiger partial charge >= 0.3 is 5.97 Å². The molecule has 1 atom stereocenters. The van der Waals surface area contributed by atoms with Crippen LogP contribution in [0.15, 0.2) is 0 Å². The van der Waals surface area contributed by atoms with Crippen LogP contribution in [0.3, 0.4) is 0 Å². The number of aliphatic carboxylic acids is 1. The van der Waals surface area contributed by atoms with Crippen molar-refractivity contribution in [3.63, 3.8) is 0 Å². The summed E-state index contributed by atoms with van der Waals surface area (Å²) in [6.07, 6.45) is 0. The highest BCUT2D eigenvalue weighted by molar-refractivity contribution is 9.09. The summed E-state index contributed by atoms with van der Waals surface area (Å²) in [5, 5.41) is 10.8. The normalized spacial score (nSPS) is 12.2. The molecule has 0 rings (SSSR count). The van der Waals surface area contributed by atoms with Crippen LogP contribution in [-0.4, -0.2) is 34.9 Å². The smallest absolute Gasteiger partial charge is 0.322 e. The third-order valence-electron chi connectivity index (χ3n) is 0.958. The van der Waals surface area contributed by atoms with Crippen LogP contribution in [0.5, 0.6) is 0 Å². The zero-order valence-corrected chi connectivity index (χ0v) is 7.30. The van der Waals surface area contributed by atoms with Gasteiger partial charge in [-0.25, -0.2) is 0 Å². The van der Waals surface area contributed by atoms with Crippen LogP contribution in [0.4, 0.5) is 0 Å². The molecule has 64 valence electrons. The van der Waals surface area contributed by atoms with Crippen molar-refractivity contribution >= 4 is 27.8 Å². The number of rotatable bonds is 4. The van der Waals surface area contributed by atoms with E-state index in [-0.39, 0.29) is 17.8 Å². The number of carboxylic acids is 1. The zero-order chi connectivity index (χ0) is 8.85. The van der Waals surface area contributed by atoms with Crippen molar-refractivity contribution in [2.75, 3.05) is 11.9 Å². The van der Waals surface area contributed by atoms with E-state index in [0.717, 1.165) is 0 Å². The van der Waals surface area contributed by atoms with Crippen LogP contribution in [0.25, 0.3) is 0 Å². The highest BCUT2D eigenvalue weighted by atomic mass is 79.9. The van der Waals surface area contributed by atoms with E-state index in [4.69, 9.17) is 10.8 Å². The third kappa shape index (κ3) is 4.74. The molecule has 5 nitrogen and oxygen atoms in total. The van der Waals surface area contributed by atoms with E-state index in [0.29, 0.717) is 0 Å². The van der Waals surface area contributed by atoms with Crippen molar-refractivity contribution in [2.24, 2.45) is 5.73 Å². The van der Waals surface area contributed by atoms with Crippen LogP contribution < -0.4 is 11.1 Å². The van der Waals surface area contributed by atoms with Crippen LogP contribution in [0.2, 0.25) is 0 Å². The second-order valence-electron chi connectivity index (χ2n) is 1.88.